The first-order valence-electron chi connectivity index (χ1n) is 6.54. The molecule has 0 aliphatic heterocycles. The number of nitrogens with one attached hydrogen (secondary N) is 1. The van der Waals surface area contributed by atoms with E-state index in [1.54, 1.807) is 24.3 Å². The molecule has 1 amide bonds. The second-order valence-electron chi connectivity index (χ2n) is 5.06. The molecule has 0 radical (unpaired) electrons. The lowest BCUT2D eigenvalue weighted by Gasteiger charge is -2.17. The van der Waals surface area contributed by atoms with Crippen LogP contribution in [0.1, 0.15) is 16.1 Å². The van der Waals surface area contributed by atoms with Gasteiger partial charge < -0.3 is 14.5 Å². The zero-order valence-corrected chi connectivity index (χ0v) is 12.6. The average Bonchev–Trinajstić information content (AvgIpc) is 3.03. The molecular formula is C15H15ClN4O. The number of fused-ring (bicyclic) bond motifs is 1. The van der Waals surface area contributed by atoms with Gasteiger partial charge in [-0.05, 0) is 24.3 Å². The molecule has 1 N–H and O–H groups in total. The minimum atomic E-state index is -0.0381. The van der Waals surface area contributed by atoms with Gasteiger partial charge in [0.1, 0.15) is 0 Å². The van der Waals surface area contributed by atoms with Crippen LogP contribution in [0.2, 0.25) is 5.02 Å². The van der Waals surface area contributed by atoms with Crippen LogP contribution < -0.4 is 0 Å². The molecule has 0 aliphatic rings. The summed E-state index contributed by atoms with van der Waals surface area (Å²) in [5.41, 5.74) is 3.33. The fraction of sp³-hybridized carbons (Fsp3) is 0.200. The van der Waals surface area contributed by atoms with Crippen molar-refractivity contribution in [3.8, 4) is 0 Å². The van der Waals surface area contributed by atoms with E-state index in [4.69, 9.17) is 11.6 Å². The summed E-state index contributed by atoms with van der Waals surface area (Å²) in [5.74, 6) is -0.0381. The third kappa shape index (κ3) is 2.64. The molecule has 21 heavy (non-hydrogen) atoms. The predicted molar refractivity (Wildman–Crippen MR) is 82.3 cm³/mol. The first-order valence-corrected chi connectivity index (χ1v) is 6.92. The summed E-state index contributed by atoms with van der Waals surface area (Å²) in [6.07, 6.45) is 3.44. The Kier molecular flexibility index (Phi) is 3.43. The highest BCUT2D eigenvalue weighted by atomic mass is 35.5. The fourth-order valence-electron chi connectivity index (χ4n) is 2.33. The minimum Gasteiger partial charge on any atom is -0.351 e. The first-order chi connectivity index (χ1) is 10.0. The standard InChI is InChI=1S/C15H15ClN4O/c1-19-7-11(16)6-12(19)8-20(2)15(21)10-3-4-13-14(5-10)18-9-17-13/h3-7,9H,8H2,1-2H3,(H,17,18). The van der Waals surface area contributed by atoms with E-state index in [9.17, 15) is 4.79 Å². The van der Waals surface area contributed by atoms with Crippen molar-refractivity contribution in [1.29, 1.82) is 0 Å². The number of carbonyl (C=O) groups excluding carboxylic acids is 1. The summed E-state index contributed by atoms with van der Waals surface area (Å²) in [7, 11) is 3.69. The number of aromatic nitrogens is 3. The molecule has 0 unspecified atom stereocenters. The van der Waals surface area contributed by atoms with Crippen molar-refractivity contribution >= 4 is 28.5 Å². The lowest BCUT2D eigenvalue weighted by molar-refractivity contribution is 0.0782. The van der Waals surface area contributed by atoms with Gasteiger partial charge in [0.15, 0.2) is 0 Å². The van der Waals surface area contributed by atoms with E-state index >= 15 is 0 Å². The number of aromatic amines is 1. The second-order valence-corrected chi connectivity index (χ2v) is 5.49. The summed E-state index contributed by atoms with van der Waals surface area (Å²) < 4.78 is 1.92. The Morgan fingerprint density at radius 3 is 2.95 bits per heavy atom. The Bertz CT molecular complexity index is 805. The van der Waals surface area contributed by atoms with Crippen LogP contribution in [0.5, 0.6) is 0 Å². The van der Waals surface area contributed by atoms with E-state index in [1.165, 1.54) is 0 Å². The van der Waals surface area contributed by atoms with Crippen molar-refractivity contribution in [2.75, 3.05) is 7.05 Å². The summed E-state index contributed by atoms with van der Waals surface area (Å²) in [5, 5.41) is 0.673. The molecule has 0 fully saturated rings. The molecule has 5 nitrogen and oxygen atoms in total. The molecular weight excluding hydrogens is 288 g/mol. The van der Waals surface area contributed by atoms with Gasteiger partial charge >= 0.3 is 0 Å². The molecule has 0 saturated heterocycles. The van der Waals surface area contributed by atoms with Crippen LogP contribution in [0.25, 0.3) is 11.0 Å². The topological polar surface area (TPSA) is 53.9 Å². The monoisotopic (exact) mass is 302 g/mol. The van der Waals surface area contributed by atoms with Gasteiger partial charge in [0.05, 0.1) is 28.9 Å². The molecule has 3 rings (SSSR count). The summed E-state index contributed by atoms with van der Waals surface area (Å²) in [6, 6.07) is 7.31. The Labute approximate surface area is 127 Å². The van der Waals surface area contributed by atoms with Crippen molar-refractivity contribution in [3.05, 3.63) is 53.1 Å². The summed E-state index contributed by atoms with van der Waals surface area (Å²) in [4.78, 5) is 21.3. The van der Waals surface area contributed by atoms with Crippen LogP contribution in [0.4, 0.5) is 0 Å². The number of aryl methyl sites for hydroxylation is 1. The molecule has 108 valence electrons. The molecule has 3 aromatic rings. The van der Waals surface area contributed by atoms with Gasteiger partial charge in [-0.2, -0.15) is 0 Å². The van der Waals surface area contributed by atoms with Crippen molar-refractivity contribution in [3.63, 3.8) is 0 Å². The Morgan fingerprint density at radius 2 is 2.24 bits per heavy atom. The Morgan fingerprint density at radius 1 is 1.43 bits per heavy atom. The maximum atomic E-state index is 12.5. The molecule has 0 atom stereocenters. The van der Waals surface area contributed by atoms with Gasteiger partial charge in [0, 0.05) is 31.5 Å². The molecule has 0 aliphatic carbocycles. The number of rotatable bonds is 3. The Hall–Kier alpha value is -2.27. The summed E-state index contributed by atoms with van der Waals surface area (Å²) in [6.45, 7) is 0.503. The average molecular weight is 303 g/mol. The third-order valence-corrected chi connectivity index (χ3v) is 3.69. The van der Waals surface area contributed by atoms with Crippen molar-refractivity contribution in [1.82, 2.24) is 19.4 Å². The number of amides is 1. The third-order valence-electron chi connectivity index (χ3n) is 3.49. The number of H-pyrrole nitrogens is 1. The minimum absolute atomic E-state index is 0.0381. The number of hydrogen-bond donors (Lipinski definition) is 1. The van der Waals surface area contributed by atoms with Gasteiger partial charge in [-0.1, -0.05) is 11.6 Å². The number of halogens is 1. The summed E-state index contributed by atoms with van der Waals surface area (Å²) >= 11 is 5.96. The van der Waals surface area contributed by atoms with E-state index in [1.807, 2.05) is 36.0 Å². The number of benzene rings is 1. The highest BCUT2D eigenvalue weighted by Crippen LogP contribution is 2.17. The SMILES string of the molecule is CN(Cc1cc(Cl)cn1C)C(=O)c1ccc2nc[nH]c2c1. The van der Waals surface area contributed by atoms with Gasteiger partial charge in [0.25, 0.3) is 5.91 Å². The van der Waals surface area contributed by atoms with Gasteiger partial charge in [0.2, 0.25) is 0 Å². The maximum Gasteiger partial charge on any atom is 0.254 e. The van der Waals surface area contributed by atoms with Gasteiger partial charge in [-0.3, -0.25) is 4.79 Å². The number of nitrogens with zero attached hydrogens (tertiary/aromatic N) is 3. The molecule has 0 bridgehead atoms. The molecule has 2 aromatic heterocycles. The first kappa shape index (κ1) is 13.7. The zero-order valence-electron chi connectivity index (χ0n) is 11.8. The highest BCUT2D eigenvalue weighted by molar-refractivity contribution is 6.30. The van der Waals surface area contributed by atoms with E-state index < -0.39 is 0 Å². The van der Waals surface area contributed by atoms with Gasteiger partial charge in [-0.25, -0.2) is 4.98 Å². The normalized spacial score (nSPS) is 11.0. The van der Waals surface area contributed by atoms with E-state index in [-0.39, 0.29) is 5.91 Å². The zero-order chi connectivity index (χ0) is 15.0. The maximum absolute atomic E-state index is 12.5. The second kappa shape index (κ2) is 5.26. The van der Waals surface area contributed by atoms with Crippen LogP contribution in [0.3, 0.4) is 0 Å². The molecule has 0 spiro atoms. The number of hydrogen-bond acceptors (Lipinski definition) is 2. The largest absolute Gasteiger partial charge is 0.351 e. The van der Waals surface area contributed by atoms with Crippen LogP contribution in [0.15, 0.2) is 36.8 Å². The highest BCUT2D eigenvalue weighted by Gasteiger charge is 2.14. The fourth-order valence-corrected chi connectivity index (χ4v) is 2.60. The van der Waals surface area contributed by atoms with Crippen molar-refractivity contribution in [2.45, 2.75) is 6.54 Å². The van der Waals surface area contributed by atoms with E-state index in [2.05, 4.69) is 9.97 Å². The molecule has 1 aromatic carbocycles. The van der Waals surface area contributed by atoms with Crippen LogP contribution in [-0.4, -0.2) is 32.4 Å². The lowest BCUT2D eigenvalue weighted by atomic mass is 10.1. The predicted octanol–water partition coefficient (Wildman–Crippen LogP) is 2.83. The van der Waals surface area contributed by atoms with E-state index in [0.717, 1.165) is 16.7 Å². The molecule has 0 saturated carbocycles. The molecule has 6 heteroatoms. The number of carbonyl (C=O) groups is 1. The lowest BCUT2D eigenvalue weighted by Crippen LogP contribution is -2.27. The van der Waals surface area contributed by atoms with Crippen molar-refractivity contribution in [2.24, 2.45) is 7.05 Å². The Balaban J connectivity index is 1.81. The van der Waals surface area contributed by atoms with Crippen LogP contribution in [-0.2, 0) is 13.6 Å². The number of imidazole rings is 1. The van der Waals surface area contributed by atoms with Crippen molar-refractivity contribution < 1.29 is 4.79 Å². The van der Waals surface area contributed by atoms with E-state index in [0.29, 0.717) is 17.1 Å². The molecule has 2 heterocycles. The van der Waals surface area contributed by atoms with Crippen LogP contribution in [0, 0.1) is 0 Å². The van der Waals surface area contributed by atoms with Gasteiger partial charge in [-0.15, -0.1) is 0 Å². The smallest absolute Gasteiger partial charge is 0.254 e. The quantitative estimate of drug-likeness (QED) is 0.809. The van der Waals surface area contributed by atoms with Crippen LogP contribution >= 0.6 is 11.6 Å².